The zero-order chi connectivity index (χ0) is 18.8. The number of ether oxygens (including phenoxy) is 1. The number of anilines is 2. The molecule has 0 bridgehead atoms. The van der Waals surface area contributed by atoms with E-state index >= 15 is 0 Å². The Labute approximate surface area is 159 Å². The molecule has 0 aromatic heterocycles. The minimum Gasteiger partial charge on any atom is -0.488 e. The Hall–Kier alpha value is -2.77. The molecule has 0 amide bonds. The molecule has 7 heteroatoms. The van der Waals surface area contributed by atoms with Crippen LogP contribution in [-0.2, 0) is 4.84 Å². The van der Waals surface area contributed by atoms with Crippen LogP contribution in [0.4, 0.5) is 11.4 Å². The van der Waals surface area contributed by atoms with Crippen LogP contribution >= 0.6 is 0 Å². The fourth-order valence-electron chi connectivity index (χ4n) is 3.41. The second kappa shape index (κ2) is 7.46. The number of carbonyl (C=O) groups is 1. The van der Waals surface area contributed by atoms with E-state index in [1.807, 2.05) is 43.4 Å². The summed E-state index contributed by atoms with van der Waals surface area (Å²) in [4.78, 5) is 20.2. The molecule has 2 aromatic carbocycles. The number of rotatable bonds is 4. The summed E-state index contributed by atoms with van der Waals surface area (Å²) in [7, 11) is 4.00. The first-order chi connectivity index (χ1) is 13.1. The largest absolute Gasteiger partial charge is 0.488 e. The molecule has 1 fully saturated rings. The Morgan fingerprint density at radius 1 is 1.04 bits per heavy atom. The standard InChI is InChI=1S/C20H24N4O3/c1-22-13-11-16(12-14-22)26-18-10-6-9-17-19(18)23(2)21-24(17)27-20(25)15-7-4-3-5-8-15/h3-10,16,21H,11-14H2,1-2H3. The van der Waals surface area contributed by atoms with E-state index in [1.54, 1.807) is 17.1 Å². The average molecular weight is 368 g/mol. The molecule has 0 saturated carbocycles. The molecule has 142 valence electrons. The molecule has 0 spiro atoms. The lowest BCUT2D eigenvalue weighted by Gasteiger charge is -2.30. The average Bonchev–Trinajstić information content (AvgIpc) is 3.01. The molecule has 1 saturated heterocycles. The van der Waals surface area contributed by atoms with Crippen molar-refractivity contribution in [3.63, 3.8) is 0 Å². The van der Waals surface area contributed by atoms with Gasteiger partial charge in [-0.3, -0.25) is 5.01 Å². The molecular weight excluding hydrogens is 344 g/mol. The lowest BCUT2D eigenvalue weighted by Crippen LogP contribution is -2.43. The molecular formula is C20H24N4O3. The van der Waals surface area contributed by atoms with Crippen molar-refractivity contribution in [3.05, 3.63) is 54.1 Å². The van der Waals surface area contributed by atoms with Crippen molar-refractivity contribution in [2.45, 2.75) is 18.9 Å². The minimum atomic E-state index is -0.425. The number of carbonyl (C=O) groups excluding carboxylic acids is 1. The quantitative estimate of drug-likeness (QED) is 0.890. The van der Waals surface area contributed by atoms with Crippen molar-refractivity contribution in [1.29, 1.82) is 0 Å². The molecule has 7 nitrogen and oxygen atoms in total. The van der Waals surface area contributed by atoms with Gasteiger partial charge in [0.05, 0.1) is 5.56 Å². The van der Waals surface area contributed by atoms with Crippen LogP contribution in [-0.4, -0.2) is 44.2 Å². The third-order valence-electron chi connectivity index (χ3n) is 4.92. The van der Waals surface area contributed by atoms with E-state index in [2.05, 4.69) is 17.5 Å². The van der Waals surface area contributed by atoms with Gasteiger partial charge in [0.2, 0.25) is 0 Å². The molecule has 2 heterocycles. The molecule has 1 N–H and O–H groups in total. The number of nitrogens with zero attached hydrogens (tertiary/aromatic N) is 3. The number of hydrogen-bond donors (Lipinski definition) is 1. The first-order valence-electron chi connectivity index (χ1n) is 9.17. The summed E-state index contributed by atoms with van der Waals surface area (Å²) in [6, 6.07) is 14.7. The number of benzene rings is 2. The van der Waals surface area contributed by atoms with Gasteiger partial charge < -0.3 is 14.5 Å². The molecule has 0 aliphatic carbocycles. The number of hydrogen-bond acceptors (Lipinski definition) is 7. The second-order valence-electron chi connectivity index (χ2n) is 6.94. The van der Waals surface area contributed by atoms with Crippen LogP contribution in [0.2, 0.25) is 0 Å². The summed E-state index contributed by atoms with van der Waals surface area (Å²) in [5.41, 5.74) is 5.14. The topological polar surface area (TPSA) is 57.3 Å². The highest BCUT2D eigenvalue weighted by Gasteiger charge is 2.31. The second-order valence-corrected chi connectivity index (χ2v) is 6.94. The smallest absolute Gasteiger partial charge is 0.365 e. The van der Waals surface area contributed by atoms with E-state index in [1.165, 1.54) is 5.17 Å². The maximum absolute atomic E-state index is 12.4. The van der Waals surface area contributed by atoms with Crippen molar-refractivity contribution >= 4 is 17.3 Å². The Morgan fingerprint density at radius 2 is 1.78 bits per heavy atom. The summed E-state index contributed by atoms with van der Waals surface area (Å²) in [6.07, 6.45) is 2.20. The predicted molar refractivity (Wildman–Crippen MR) is 103 cm³/mol. The Morgan fingerprint density at radius 3 is 2.52 bits per heavy atom. The third kappa shape index (κ3) is 3.70. The van der Waals surface area contributed by atoms with Gasteiger partial charge in [-0.1, -0.05) is 24.3 Å². The fraction of sp³-hybridized carbons (Fsp3) is 0.350. The third-order valence-corrected chi connectivity index (χ3v) is 4.92. The highest BCUT2D eigenvalue weighted by atomic mass is 16.7. The van der Waals surface area contributed by atoms with Crippen LogP contribution in [0.3, 0.4) is 0 Å². The van der Waals surface area contributed by atoms with Gasteiger partial charge in [0.15, 0.2) is 0 Å². The number of hydrazine groups is 2. The highest BCUT2D eigenvalue weighted by molar-refractivity contribution is 5.91. The molecule has 27 heavy (non-hydrogen) atoms. The summed E-state index contributed by atoms with van der Waals surface area (Å²) < 4.78 is 6.28. The van der Waals surface area contributed by atoms with Crippen LogP contribution in [0.5, 0.6) is 5.75 Å². The first kappa shape index (κ1) is 17.6. The monoisotopic (exact) mass is 368 g/mol. The SMILES string of the molecule is CN1CCC(Oc2cccc3c2N(C)NN3OC(=O)c2ccccc2)CC1. The van der Waals surface area contributed by atoms with Crippen molar-refractivity contribution in [2.24, 2.45) is 0 Å². The molecule has 2 aliphatic rings. The van der Waals surface area contributed by atoms with Gasteiger partial charge >= 0.3 is 5.97 Å². The fourth-order valence-corrected chi connectivity index (χ4v) is 3.41. The number of fused-ring (bicyclic) bond motifs is 1. The maximum Gasteiger partial charge on any atom is 0.365 e. The van der Waals surface area contributed by atoms with E-state index in [-0.39, 0.29) is 6.10 Å². The molecule has 0 radical (unpaired) electrons. The molecule has 2 aromatic rings. The van der Waals surface area contributed by atoms with Gasteiger partial charge in [0, 0.05) is 20.1 Å². The summed E-state index contributed by atoms with van der Waals surface area (Å²) in [5, 5.41) is 3.18. The number of likely N-dealkylation sites (tertiary alicyclic amines) is 1. The van der Waals surface area contributed by atoms with E-state index < -0.39 is 5.97 Å². The molecule has 0 unspecified atom stereocenters. The number of nitrogens with one attached hydrogen (secondary N) is 1. The number of piperidine rings is 1. The lowest BCUT2D eigenvalue weighted by atomic mass is 10.1. The van der Waals surface area contributed by atoms with Gasteiger partial charge in [-0.05, 0) is 44.2 Å². The van der Waals surface area contributed by atoms with Crippen LogP contribution < -0.4 is 20.5 Å². The molecule has 0 atom stereocenters. The van der Waals surface area contributed by atoms with Crippen LogP contribution in [0.15, 0.2) is 48.5 Å². The lowest BCUT2D eigenvalue weighted by molar-refractivity contribution is 0.0403. The zero-order valence-electron chi connectivity index (χ0n) is 15.6. The van der Waals surface area contributed by atoms with Crippen molar-refractivity contribution in [1.82, 2.24) is 10.4 Å². The predicted octanol–water partition coefficient (Wildman–Crippen LogP) is 2.61. The normalized spacial score (nSPS) is 17.7. The van der Waals surface area contributed by atoms with Crippen molar-refractivity contribution in [3.8, 4) is 5.75 Å². The summed E-state index contributed by atoms with van der Waals surface area (Å²) in [6.45, 7) is 2.07. The zero-order valence-corrected chi connectivity index (χ0v) is 15.6. The van der Waals surface area contributed by atoms with Crippen LogP contribution in [0.25, 0.3) is 0 Å². The van der Waals surface area contributed by atoms with Crippen molar-refractivity contribution < 1.29 is 14.4 Å². The molecule has 4 rings (SSSR count). The van der Waals surface area contributed by atoms with Crippen LogP contribution in [0.1, 0.15) is 23.2 Å². The van der Waals surface area contributed by atoms with Gasteiger partial charge in [-0.2, -0.15) is 0 Å². The van der Waals surface area contributed by atoms with E-state index in [0.717, 1.165) is 43.1 Å². The van der Waals surface area contributed by atoms with Crippen LogP contribution in [0, 0.1) is 0 Å². The summed E-state index contributed by atoms with van der Waals surface area (Å²) in [5.74, 6) is 0.362. The van der Waals surface area contributed by atoms with Gasteiger partial charge in [0.1, 0.15) is 23.2 Å². The van der Waals surface area contributed by atoms with Gasteiger partial charge in [-0.25, -0.2) is 4.79 Å². The Balaban J connectivity index is 1.51. The Bertz CT molecular complexity index is 806. The Kier molecular flexibility index (Phi) is 4.87. The first-order valence-corrected chi connectivity index (χ1v) is 9.17. The van der Waals surface area contributed by atoms with E-state index in [4.69, 9.17) is 9.57 Å². The maximum atomic E-state index is 12.4. The van der Waals surface area contributed by atoms with Crippen molar-refractivity contribution in [2.75, 3.05) is 37.4 Å². The van der Waals surface area contributed by atoms with Gasteiger partial charge in [0.25, 0.3) is 0 Å². The number of para-hydroxylation sites is 1. The van der Waals surface area contributed by atoms with E-state index in [9.17, 15) is 4.79 Å². The highest BCUT2D eigenvalue weighted by Crippen LogP contribution is 2.41. The minimum absolute atomic E-state index is 0.196. The van der Waals surface area contributed by atoms with E-state index in [0.29, 0.717) is 5.56 Å². The van der Waals surface area contributed by atoms with Gasteiger partial charge in [-0.15, -0.1) is 10.7 Å². The summed E-state index contributed by atoms with van der Waals surface area (Å²) >= 11 is 0. The molecule has 2 aliphatic heterocycles.